The van der Waals surface area contributed by atoms with E-state index in [-0.39, 0.29) is 18.6 Å². The number of carbonyl (C=O) groups excluding carboxylic acids is 1. The molecule has 0 saturated heterocycles. The Hall–Kier alpha value is -1.85. The molecule has 0 saturated carbocycles. The van der Waals surface area contributed by atoms with Crippen molar-refractivity contribution in [2.24, 2.45) is 0 Å². The van der Waals surface area contributed by atoms with Crippen LogP contribution in [-0.2, 0) is 9.53 Å². The molecule has 0 bridgehead atoms. The molecule has 1 rings (SSSR count). The second kappa shape index (κ2) is 7.56. The number of hydrogen-bond donors (Lipinski definition) is 0. The Balaban J connectivity index is 2.85. The van der Waals surface area contributed by atoms with E-state index < -0.39 is 0 Å². The molecule has 1 heterocycles. The number of hydrogen-bond acceptors (Lipinski definition) is 6. The maximum Gasteiger partial charge on any atom is 0.325 e. The molecule has 0 spiro atoms. The molecule has 6 heteroatoms. The van der Waals surface area contributed by atoms with Crippen molar-refractivity contribution >= 4 is 11.8 Å². The highest BCUT2D eigenvalue weighted by Crippen LogP contribution is 2.15. The van der Waals surface area contributed by atoms with Crippen LogP contribution in [0.15, 0.2) is 12.4 Å². The van der Waals surface area contributed by atoms with Gasteiger partial charge in [-0.2, -0.15) is 4.98 Å². The maximum absolute atomic E-state index is 11.4. The quantitative estimate of drug-likeness (QED) is 0.700. The van der Waals surface area contributed by atoms with Gasteiger partial charge in [-0.05, 0) is 20.3 Å². The number of carbonyl (C=O) groups is 1. The highest BCUT2D eigenvalue weighted by molar-refractivity contribution is 5.75. The van der Waals surface area contributed by atoms with E-state index in [0.29, 0.717) is 18.2 Å². The van der Waals surface area contributed by atoms with Gasteiger partial charge < -0.3 is 14.4 Å². The molecular weight excluding hydrogens is 246 g/mol. The first-order valence-corrected chi connectivity index (χ1v) is 6.37. The predicted octanol–water partition coefficient (Wildman–Crippen LogP) is 1.65. The molecule has 0 aliphatic carbocycles. The van der Waals surface area contributed by atoms with E-state index in [2.05, 4.69) is 14.7 Å². The number of esters is 1. The Morgan fingerprint density at radius 3 is 2.74 bits per heavy atom. The summed E-state index contributed by atoms with van der Waals surface area (Å²) in [6, 6.07) is 0. The molecule has 0 fully saturated rings. The van der Waals surface area contributed by atoms with E-state index in [0.717, 1.165) is 6.42 Å². The zero-order valence-corrected chi connectivity index (χ0v) is 11.9. The number of rotatable bonds is 7. The average Bonchev–Trinajstić information content (AvgIpc) is 2.37. The first kappa shape index (κ1) is 15.2. The molecule has 0 aliphatic heterocycles. The van der Waals surface area contributed by atoms with Gasteiger partial charge in [0.1, 0.15) is 6.54 Å². The molecule has 106 valence electrons. The summed E-state index contributed by atoms with van der Waals surface area (Å²) in [5.74, 6) is 0.772. The van der Waals surface area contributed by atoms with E-state index in [1.807, 2.05) is 25.7 Å². The maximum atomic E-state index is 11.4. The van der Waals surface area contributed by atoms with Crippen molar-refractivity contribution in [3.8, 4) is 5.88 Å². The standard InChI is InChI=1S/C13H21N3O3/c1-5-6-16(9-13(17)18-4)11-7-14-8-12(15-11)19-10(2)3/h7-8,10H,5-6,9H2,1-4H3. The van der Waals surface area contributed by atoms with Crippen LogP contribution in [0.3, 0.4) is 0 Å². The Morgan fingerprint density at radius 1 is 1.42 bits per heavy atom. The summed E-state index contributed by atoms with van der Waals surface area (Å²) in [5, 5.41) is 0. The molecule has 0 radical (unpaired) electrons. The van der Waals surface area contributed by atoms with Crippen LogP contribution in [0.5, 0.6) is 5.88 Å². The lowest BCUT2D eigenvalue weighted by molar-refractivity contribution is -0.138. The van der Waals surface area contributed by atoms with Gasteiger partial charge >= 0.3 is 5.97 Å². The van der Waals surface area contributed by atoms with Gasteiger partial charge in [0, 0.05) is 6.54 Å². The second-order valence-corrected chi connectivity index (χ2v) is 4.38. The largest absolute Gasteiger partial charge is 0.474 e. The Bertz CT molecular complexity index is 410. The van der Waals surface area contributed by atoms with E-state index in [1.54, 1.807) is 12.4 Å². The number of methoxy groups -OCH3 is 1. The van der Waals surface area contributed by atoms with Crippen molar-refractivity contribution in [1.82, 2.24) is 9.97 Å². The Morgan fingerprint density at radius 2 is 2.16 bits per heavy atom. The SMILES string of the molecule is CCCN(CC(=O)OC)c1cncc(OC(C)C)n1. The van der Waals surface area contributed by atoms with Crippen LogP contribution in [0.2, 0.25) is 0 Å². The fourth-order valence-corrected chi connectivity index (χ4v) is 1.55. The summed E-state index contributed by atoms with van der Waals surface area (Å²) < 4.78 is 10.2. The van der Waals surface area contributed by atoms with Crippen molar-refractivity contribution < 1.29 is 14.3 Å². The smallest absolute Gasteiger partial charge is 0.325 e. The summed E-state index contributed by atoms with van der Waals surface area (Å²) in [6.07, 6.45) is 4.11. The lowest BCUT2D eigenvalue weighted by Gasteiger charge is -2.21. The molecule has 19 heavy (non-hydrogen) atoms. The fraction of sp³-hybridized carbons (Fsp3) is 0.615. The average molecular weight is 267 g/mol. The minimum atomic E-state index is -0.301. The summed E-state index contributed by atoms with van der Waals surface area (Å²) in [5.41, 5.74) is 0. The molecule has 0 N–H and O–H groups in total. The summed E-state index contributed by atoms with van der Waals surface area (Å²) in [7, 11) is 1.37. The number of ether oxygens (including phenoxy) is 2. The van der Waals surface area contributed by atoms with Gasteiger partial charge in [0.25, 0.3) is 0 Å². The summed E-state index contributed by atoms with van der Waals surface area (Å²) in [6.45, 7) is 6.74. The van der Waals surface area contributed by atoms with Crippen LogP contribution in [0.4, 0.5) is 5.82 Å². The van der Waals surface area contributed by atoms with Crippen LogP contribution in [0.1, 0.15) is 27.2 Å². The molecule has 0 aliphatic rings. The normalized spacial score (nSPS) is 10.4. The van der Waals surface area contributed by atoms with Crippen LogP contribution in [-0.4, -0.2) is 42.2 Å². The number of aromatic nitrogens is 2. The molecule has 1 aromatic heterocycles. The highest BCUT2D eigenvalue weighted by Gasteiger charge is 2.13. The minimum Gasteiger partial charge on any atom is -0.474 e. The molecule has 0 atom stereocenters. The van der Waals surface area contributed by atoms with Crippen molar-refractivity contribution in [3.05, 3.63) is 12.4 Å². The van der Waals surface area contributed by atoms with Crippen molar-refractivity contribution in [3.63, 3.8) is 0 Å². The first-order valence-electron chi connectivity index (χ1n) is 6.37. The van der Waals surface area contributed by atoms with Crippen molar-refractivity contribution in [2.75, 3.05) is 25.1 Å². The van der Waals surface area contributed by atoms with Gasteiger partial charge in [-0.15, -0.1) is 0 Å². The van der Waals surface area contributed by atoms with E-state index in [1.165, 1.54) is 7.11 Å². The van der Waals surface area contributed by atoms with Crippen LogP contribution in [0, 0.1) is 0 Å². The molecule has 6 nitrogen and oxygen atoms in total. The lowest BCUT2D eigenvalue weighted by Crippen LogP contribution is -2.32. The van der Waals surface area contributed by atoms with Crippen LogP contribution in [0.25, 0.3) is 0 Å². The predicted molar refractivity (Wildman–Crippen MR) is 72.3 cm³/mol. The van der Waals surface area contributed by atoms with Crippen LogP contribution >= 0.6 is 0 Å². The van der Waals surface area contributed by atoms with E-state index >= 15 is 0 Å². The zero-order chi connectivity index (χ0) is 14.3. The minimum absolute atomic E-state index is 0.0322. The lowest BCUT2D eigenvalue weighted by atomic mass is 10.4. The first-order chi connectivity index (χ1) is 9.06. The highest BCUT2D eigenvalue weighted by atomic mass is 16.5. The zero-order valence-electron chi connectivity index (χ0n) is 11.9. The number of nitrogens with zero attached hydrogens (tertiary/aromatic N) is 3. The van der Waals surface area contributed by atoms with Gasteiger partial charge in [-0.1, -0.05) is 6.92 Å². The topological polar surface area (TPSA) is 64.6 Å². The summed E-state index contributed by atoms with van der Waals surface area (Å²) >= 11 is 0. The van der Waals surface area contributed by atoms with Crippen LogP contribution < -0.4 is 9.64 Å². The third kappa shape index (κ3) is 5.11. The third-order valence-electron chi connectivity index (χ3n) is 2.32. The van der Waals surface area contributed by atoms with E-state index in [9.17, 15) is 4.79 Å². The summed E-state index contributed by atoms with van der Waals surface area (Å²) in [4.78, 5) is 21.7. The Kier molecular flexibility index (Phi) is 6.05. The van der Waals surface area contributed by atoms with E-state index in [4.69, 9.17) is 4.74 Å². The monoisotopic (exact) mass is 267 g/mol. The molecule has 0 amide bonds. The third-order valence-corrected chi connectivity index (χ3v) is 2.32. The molecule has 1 aromatic rings. The van der Waals surface area contributed by atoms with Gasteiger partial charge in [-0.25, -0.2) is 0 Å². The molecule has 0 aromatic carbocycles. The number of anilines is 1. The van der Waals surface area contributed by atoms with Gasteiger partial charge in [0.2, 0.25) is 5.88 Å². The fourth-order valence-electron chi connectivity index (χ4n) is 1.55. The van der Waals surface area contributed by atoms with Gasteiger partial charge in [0.05, 0.1) is 25.6 Å². The molecular formula is C13H21N3O3. The van der Waals surface area contributed by atoms with Gasteiger partial charge in [0.15, 0.2) is 5.82 Å². The second-order valence-electron chi connectivity index (χ2n) is 4.38. The van der Waals surface area contributed by atoms with Crippen molar-refractivity contribution in [2.45, 2.75) is 33.3 Å². The molecule has 0 unspecified atom stereocenters. The van der Waals surface area contributed by atoms with Crippen molar-refractivity contribution in [1.29, 1.82) is 0 Å². The Labute approximate surface area is 113 Å². The van der Waals surface area contributed by atoms with Gasteiger partial charge in [-0.3, -0.25) is 9.78 Å².